The van der Waals surface area contributed by atoms with E-state index in [9.17, 15) is 5.11 Å². The largest absolute Gasteiger partial charge is 0.507 e. The highest BCUT2D eigenvalue weighted by Gasteiger charge is 2.03. The van der Waals surface area contributed by atoms with Gasteiger partial charge in [0.25, 0.3) is 0 Å². The highest BCUT2D eigenvalue weighted by atomic mass is 16.5. The summed E-state index contributed by atoms with van der Waals surface area (Å²) in [5.74, 6) is 1.11. The molecule has 0 fully saturated rings. The van der Waals surface area contributed by atoms with Crippen molar-refractivity contribution in [3.8, 4) is 22.6 Å². The number of benzene rings is 2. The van der Waals surface area contributed by atoms with Crippen LogP contribution in [0.3, 0.4) is 0 Å². The summed E-state index contributed by atoms with van der Waals surface area (Å²) in [7, 11) is 0. The summed E-state index contributed by atoms with van der Waals surface area (Å²) in [6.45, 7) is 2.59. The zero-order valence-electron chi connectivity index (χ0n) is 9.18. The van der Waals surface area contributed by atoms with Gasteiger partial charge >= 0.3 is 0 Å². The molecule has 0 atom stereocenters. The van der Waals surface area contributed by atoms with Crippen LogP contribution in [0.1, 0.15) is 6.92 Å². The summed E-state index contributed by atoms with van der Waals surface area (Å²) >= 11 is 0. The monoisotopic (exact) mass is 214 g/mol. The molecule has 2 aromatic carbocycles. The van der Waals surface area contributed by atoms with E-state index in [0.29, 0.717) is 6.61 Å². The Morgan fingerprint density at radius 2 is 1.88 bits per heavy atom. The van der Waals surface area contributed by atoms with Gasteiger partial charge in [-0.25, -0.2) is 0 Å². The normalized spacial score (nSPS) is 10.1. The molecule has 1 N–H and O–H groups in total. The molecular weight excluding hydrogens is 200 g/mol. The predicted octanol–water partition coefficient (Wildman–Crippen LogP) is 3.46. The molecule has 82 valence electrons. The van der Waals surface area contributed by atoms with Crippen LogP contribution in [-0.4, -0.2) is 11.7 Å². The molecule has 2 rings (SSSR count). The Hall–Kier alpha value is -1.96. The van der Waals surface area contributed by atoms with Gasteiger partial charge in [-0.15, -0.1) is 0 Å². The van der Waals surface area contributed by atoms with Crippen molar-refractivity contribution in [2.24, 2.45) is 0 Å². The smallest absolute Gasteiger partial charge is 0.123 e. The summed E-state index contributed by atoms with van der Waals surface area (Å²) in [5, 5.41) is 9.74. The van der Waals surface area contributed by atoms with Crippen LogP contribution in [0.4, 0.5) is 0 Å². The van der Waals surface area contributed by atoms with Gasteiger partial charge in [-0.2, -0.15) is 0 Å². The van der Waals surface area contributed by atoms with Crippen LogP contribution in [0.15, 0.2) is 48.5 Å². The molecule has 0 aromatic heterocycles. The van der Waals surface area contributed by atoms with E-state index in [1.165, 1.54) is 0 Å². The number of hydrogen-bond acceptors (Lipinski definition) is 2. The maximum atomic E-state index is 9.74. The summed E-state index contributed by atoms with van der Waals surface area (Å²) in [5.41, 5.74) is 1.79. The maximum absolute atomic E-state index is 9.74. The van der Waals surface area contributed by atoms with Gasteiger partial charge in [-0.1, -0.05) is 30.3 Å². The number of aromatic hydroxyl groups is 1. The fourth-order valence-electron chi connectivity index (χ4n) is 1.64. The number of phenolic OH excluding ortho intramolecular Hbond substituents is 1. The van der Waals surface area contributed by atoms with Crippen molar-refractivity contribution in [3.63, 3.8) is 0 Å². The Kier molecular flexibility index (Phi) is 3.10. The van der Waals surface area contributed by atoms with Gasteiger partial charge in [0.15, 0.2) is 0 Å². The van der Waals surface area contributed by atoms with Crippen molar-refractivity contribution in [3.05, 3.63) is 48.5 Å². The Balaban J connectivity index is 2.40. The van der Waals surface area contributed by atoms with Crippen LogP contribution >= 0.6 is 0 Å². The van der Waals surface area contributed by atoms with Crippen LogP contribution in [0.25, 0.3) is 11.1 Å². The molecule has 2 heteroatoms. The van der Waals surface area contributed by atoms with Crippen LogP contribution < -0.4 is 4.74 Å². The summed E-state index contributed by atoms with van der Waals surface area (Å²) in [6, 6.07) is 15.0. The first-order valence-electron chi connectivity index (χ1n) is 5.32. The zero-order valence-corrected chi connectivity index (χ0v) is 9.18. The van der Waals surface area contributed by atoms with Crippen LogP contribution in [0, 0.1) is 0 Å². The molecule has 0 aliphatic rings. The second-order valence-electron chi connectivity index (χ2n) is 3.48. The second-order valence-corrected chi connectivity index (χ2v) is 3.48. The quantitative estimate of drug-likeness (QED) is 0.847. The lowest BCUT2D eigenvalue weighted by Crippen LogP contribution is -1.91. The Bertz CT molecular complexity index is 478. The minimum Gasteiger partial charge on any atom is -0.507 e. The number of rotatable bonds is 3. The highest BCUT2D eigenvalue weighted by molar-refractivity contribution is 5.70. The van der Waals surface area contributed by atoms with Gasteiger partial charge < -0.3 is 9.84 Å². The third-order valence-corrected chi connectivity index (χ3v) is 2.36. The number of ether oxygens (including phenoxy) is 1. The van der Waals surface area contributed by atoms with E-state index >= 15 is 0 Å². The molecule has 0 spiro atoms. The first-order valence-corrected chi connectivity index (χ1v) is 5.32. The van der Waals surface area contributed by atoms with Crippen LogP contribution in [0.2, 0.25) is 0 Å². The summed E-state index contributed by atoms with van der Waals surface area (Å²) in [4.78, 5) is 0. The van der Waals surface area contributed by atoms with Gasteiger partial charge in [0.05, 0.1) is 6.61 Å². The van der Waals surface area contributed by atoms with Gasteiger partial charge in [0.2, 0.25) is 0 Å². The van der Waals surface area contributed by atoms with E-state index < -0.39 is 0 Å². The lowest BCUT2D eigenvalue weighted by atomic mass is 10.0. The van der Waals surface area contributed by atoms with Gasteiger partial charge in [-0.3, -0.25) is 0 Å². The van der Waals surface area contributed by atoms with Crippen molar-refractivity contribution in [1.29, 1.82) is 0 Å². The molecule has 0 unspecified atom stereocenters. The SMILES string of the molecule is CCOc1cccc(-c2ccccc2O)c1. The average molecular weight is 214 g/mol. The van der Waals surface area contributed by atoms with Crippen molar-refractivity contribution in [2.75, 3.05) is 6.61 Å². The first kappa shape index (κ1) is 10.6. The molecule has 2 aromatic rings. The molecule has 16 heavy (non-hydrogen) atoms. The van der Waals surface area contributed by atoms with Crippen molar-refractivity contribution >= 4 is 0 Å². The van der Waals surface area contributed by atoms with Gasteiger partial charge in [0, 0.05) is 5.56 Å². The fourth-order valence-corrected chi connectivity index (χ4v) is 1.64. The molecule has 0 amide bonds. The first-order chi connectivity index (χ1) is 7.81. The molecule has 0 saturated carbocycles. The van der Waals surface area contributed by atoms with Crippen molar-refractivity contribution in [1.82, 2.24) is 0 Å². The van der Waals surface area contributed by atoms with E-state index in [1.54, 1.807) is 6.07 Å². The van der Waals surface area contributed by atoms with Crippen molar-refractivity contribution < 1.29 is 9.84 Å². The third kappa shape index (κ3) is 2.16. The van der Waals surface area contributed by atoms with Gasteiger partial charge in [0.1, 0.15) is 11.5 Å². The Labute approximate surface area is 95.1 Å². The zero-order chi connectivity index (χ0) is 11.4. The van der Waals surface area contributed by atoms with E-state index in [-0.39, 0.29) is 5.75 Å². The standard InChI is InChI=1S/C14H14O2/c1-2-16-12-7-5-6-11(10-12)13-8-3-4-9-14(13)15/h3-10,15H,2H2,1H3. The third-order valence-electron chi connectivity index (χ3n) is 2.36. The van der Waals surface area contributed by atoms with E-state index in [4.69, 9.17) is 4.74 Å². The van der Waals surface area contributed by atoms with E-state index in [1.807, 2.05) is 49.4 Å². The molecule has 0 aliphatic heterocycles. The maximum Gasteiger partial charge on any atom is 0.123 e. The fraction of sp³-hybridized carbons (Fsp3) is 0.143. The molecular formula is C14H14O2. The average Bonchev–Trinajstić information content (AvgIpc) is 2.30. The molecule has 0 heterocycles. The molecule has 0 saturated heterocycles. The van der Waals surface area contributed by atoms with Gasteiger partial charge in [-0.05, 0) is 30.7 Å². The molecule has 0 radical (unpaired) electrons. The van der Waals surface area contributed by atoms with Crippen molar-refractivity contribution in [2.45, 2.75) is 6.92 Å². The minimum atomic E-state index is 0.288. The Morgan fingerprint density at radius 1 is 1.06 bits per heavy atom. The Morgan fingerprint density at radius 3 is 2.62 bits per heavy atom. The van der Waals surface area contributed by atoms with Crippen LogP contribution in [-0.2, 0) is 0 Å². The number of para-hydroxylation sites is 1. The number of phenols is 1. The van der Waals surface area contributed by atoms with E-state index in [2.05, 4.69) is 0 Å². The predicted molar refractivity (Wildman–Crippen MR) is 64.7 cm³/mol. The van der Waals surface area contributed by atoms with Crippen LogP contribution in [0.5, 0.6) is 11.5 Å². The number of hydrogen-bond donors (Lipinski definition) is 1. The lowest BCUT2D eigenvalue weighted by molar-refractivity contribution is 0.340. The lowest BCUT2D eigenvalue weighted by Gasteiger charge is -2.07. The molecule has 0 bridgehead atoms. The van der Waals surface area contributed by atoms with E-state index in [0.717, 1.165) is 16.9 Å². The topological polar surface area (TPSA) is 29.5 Å². The highest BCUT2D eigenvalue weighted by Crippen LogP contribution is 2.30. The second kappa shape index (κ2) is 4.71. The molecule has 2 nitrogen and oxygen atoms in total. The summed E-state index contributed by atoms with van der Waals surface area (Å²) in [6.07, 6.45) is 0. The minimum absolute atomic E-state index is 0.288. The molecule has 0 aliphatic carbocycles. The summed E-state index contributed by atoms with van der Waals surface area (Å²) < 4.78 is 5.43.